The van der Waals surface area contributed by atoms with E-state index in [-0.39, 0.29) is 0 Å². The van der Waals surface area contributed by atoms with Gasteiger partial charge in [0.15, 0.2) is 0 Å². The van der Waals surface area contributed by atoms with Crippen molar-refractivity contribution in [3.8, 4) is 0 Å². The number of hydrogen-bond acceptors (Lipinski definition) is 1. The van der Waals surface area contributed by atoms with Crippen molar-refractivity contribution in [2.24, 2.45) is 5.92 Å². The summed E-state index contributed by atoms with van der Waals surface area (Å²) in [5.41, 5.74) is 0. The van der Waals surface area contributed by atoms with E-state index in [1.807, 2.05) is 6.08 Å². The first-order valence-corrected chi connectivity index (χ1v) is 6.60. The van der Waals surface area contributed by atoms with Gasteiger partial charge in [-0.05, 0) is 18.8 Å². The van der Waals surface area contributed by atoms with E-state index in [2.05, 4.69) is 13.8 Å². The Kier molecular flexibility index (Phi) is 11.3. The lowest BCUT2D eigenvalue weighted by atomic mass is 9.96. The van der Waals surface area contributed by atoms with Crippen molar-refractivity contribution in [1.29, 1.82) is 0 Å². The van der Waals surface area contributed by atoms with Crippen LogP contribution in [-0.4, -0.2) is 5.11 Å². The topological polar surface area (TPSA) is 20.2 Å². The third-order valence-corrected chi connectivity index (χ3v) is 2.97. The first kappa shape index (κ1) is 14.5. The van der Waals surface area contributed by atoms with E-state index in [1.165, 1.54) is 51.4 Å². The molecule has 1 unspecified atom stereocenters. The number of aliphatic hydroxyl groups excluding tert-OH is 1. The number of rotatable bonds is 10. The van der Waals surface area contributed by atoms with Gasteiger partial charge in [0, 0.05) is 0 Å². The monoisotopic (exact) mass is 212 g/mol. The van der Waals surface area contributed by atoms with Gasteiger partial charge in [0.2, 0.25) is 0 Å². The summed E-state index contributed by atoms with van der Waals surface area (Å²) in [5.74, 6) is 0.889. The minimum absolute atomic E-state index is 0.889. The highest BCUT2D eigenvalue weighted by molar-refractivity contribution is 4.71. The molecule has 0 radical (unpaired) electrons. The molecule has 0 fully saturated rings. The third kappa shape index (κ3) is 11.5. The Morgan fingerprint density at radius 1 is 1.00 bits per heavy atom. The molecule has 0 aliphatic carbocycles. The van der Waals surface area contributed by atoms with Gasteiger partial charge in [-0.15, -0.1) is 0 Å². The summed E-state index contributed by atoms with van der Waals surface area (Å²) in [5, 5.41) is 8.46. The SMILES string of the molecule is CCCCCCC(C)CCCCC=CO. The molecule has 0 aromatic carbocycles. The summed E-state index contributed by atoms with van der Waals surface area (Å²) in [6, 6.07) is 0. The molecule has 0 aromatic rings. The lowest BCUT2D eigenvalue weighted by Crippen LogP contribution is -1.94. The molecule has 0 saturated heterocycles. The smallest absolute Gasteiger partial charge is 0.0751 e. The molecule has 1 nitrogen and oxygen atoms in total. The Balaban J connectivity index is 3.14. The van der Waals surface area contributed by atoms with Crippen molar-refractivity contribution < 1.29 is 5.11 Å². The van der Waals surface area contributed by atoms with Gasteiger partial charge in [-0.1, -0.05) is 64.9 Å². The third-order valence-electron chi connectivity index (χ3n) is 2.97. The van der Waals surface area contributed by atoms with Crippen LogP contribution in [-0.2, 0) is 0 Å². The van der Waals surface area contributed by atoms with Gasteiger partial charge in [-0.2, -0.15) is 0 Å². The molecule has 0 spiro atoms. The lowest BCUT2D eigenvalue weighted by molar-refractivity contribution is 0.439. The quantitative estimate of drug-likeness (QED) is 0.388. The standard InChI is InChI=1S/C14H28O/c1-3-4-5-8-11-14(2)12-9-6-7-10-13-15/h10,13-15H,3-9,11-12H2,1-2H3. The van der Waals surface area contributed by atoms with Crippen molar-refractivity contribution in [1.82, 2.24) is 0 Å². The van der Waals surface area contributed by atoms with Crippen LogP contribution in [0.2, 0.25) is 0 Å². The molecular formula is C14H28O. The van der Waals surface area contributed by atoms with E-state index < -0.39 is 0 Å². The van der Waals surface area contributed by atoms with Crippen LogP contribution in [0.25, 0.3) is 0 Å². The van der Waals surface area contributed by atoms with Gasteiger partial charge >= 0.3 is 0 Å². The van der Waals surface area contributed by atoms with Crippen molar-refractivity contribution in [3.05, 3.63) is 12.3 Å². The van der Waals surface area contributed by atoms with Gasteiger partial charge in [-0.3, -0.25) is 0 Å². The zero-order valence-electron chi connectivity index (χ0n) is 10.5. The van der Waals surface area contributed by atoms with E-state index in [1.54, 1.807) is 0 Å². The largest absolute Gasteiger partial charge is 0.516 e. The Morgan fingerprint density at radius 2 is 1.67 bits per heavy atom. The first-order valence-electron chi connectivity index (χ1n) is 6.60. The fourth-order valence-corrected chi connectivity index (χ4v) is 1.89. The summed E-state index contributed by atoms with van der Waals surface area (Å²) in [4.78, 5) is 0. The summed E-state index contributed by atoms with van der Waals surface area (Å²) in [7, 11) is 0. The van der Waals surface area contributed by atoms with Crippen LogP contribution >= 0.6 is 0 Å². The Bertz CT molecular complexity index is 140. The average Bonchev–Trinajstić information content (AvgIpc) is 2.24. The second kappa shape index (κ2) is 11.6. The fraction of sp³-hybridized carbons (Fsp3) is 0.857. The van der Waals surface area contributed by atoms with Crippen LogP contribution in [0.5, 0.6) is 0 Å². The molecule has 1 atom stereocenters. The van der Waals surface area contributed by atoms with Crippen LogP contribution in [0, 0.1) is 5.92 Å². The van der Waals surface area contributed by atoms with Gasteiger partial charge in [0.25, 0.3) is 0 Å². The number of allylic oxidation sites excluding steroid dienone is 1. The van der Waals surface area contributed by atoms with Gasteiger partial charge < -0.3 is 5.11 Å². The predicted molar refractivity (Wildman–Crippen MR) is 68.2 cm³/mol. The van der Waals surface area contributed by atoms with Crippen LogP contribution in [0.15, 0.2) is 12.3 Å². The summed E-state index contributed by atoms with van der Waals surface area (Å²) < 4.78 is 0. The second-order valence-electron chi connectivity index (χ2n) is 4.62. The van der Waals surface area contributed by atoms with E-state index in [0.29, 0.717) is 0 Å². The molecule has 0 aliphatic rings. The van der Waals surface area contributed by atoms with Crippen LogP contribution in [0.1, 0.15) is 71.6 Å². The molecule has 0 aliphatic heterocycles. The molecule has 1 N–H and O–H groups in total. The van der Waals surface area contributed by atoms with Crippen molar-refractivity contribution in [2.75, 3.05) is 0 Å². The molecule has 0 rings (SSSR count). The van der Waals surface area contributed by atoms with Gasteiger partial charge in [0.05, 0.1) is 6.26 Å². The highest BCUT2D eigenvalue weighted by Gasteiger charge is 2.01. The van der Waals surface area contributed by atoms with Crippen molar-refractivity contribution >= 4 is 0 Å². The van der Waals surface area contributed by atoms with Crippen LogP contribution in [0.4, 0.5) is 0 Å². The molecule has 0 saturated carbocycles. The summed E-state index contributed by atoms with van der Waals surface area (Å²) in [6.07, 6.45) is 14.9. The van der Waals surface area contributed by atoms with Gasteiger partial charge in [0.1, 0.15) is 0 Å². The number of unbranched alkanes of at least 4 members (excludes halogenated alkanes) is 5. The maximum atomic E-state index is 8.46. The molecule has 15 heavy (non-hydrogen) atoms. The highest BCUT2D eigenvalue weighted by Crippen LogP contribution is 2.16. The zero-order chi connectivity index (χ0) is 11.4. The second-order valence-corrected chi connectivity index (χ2v) is 4.62. The lowest BCUT2D eigenvalue weighted by Gasteiger charge is -2.10. The molecular weight excluding hydrogens is 184 g/mol. The van der Waals surface area contributed by atoms with Crippen molar-refractivity contribution in [3.63, 3.8) is 0 Å². The molecule has 1 heteroatoms. The summed E-state index contributed by atoms with van der Waals surface area (Å²) >= 11 is 0. The first-order chi connectivity index (χ1) is 7.31. The van der Waals surface area contributed by atoms with E-state index >= 15 is 0 Å². The van der Waals surface area contributed by atoms with E-state index in [4.69, 9.17) is 5.11 Å². The zero-order valence-corrected chi connectivity index (χ0v) is 10.5. The summed E-state index contributed by atoms with van der Waals surface area (Å²) in [6.45, 7) is 4.63. The minimum Gasteiger partial charge on any atom is -0.516 e. The fourth-order valence-electron chi connectivity index (χ4n) is 1.89. The van der Waals surface area contributed by atoms with Crippen LogP contribution in [0.3, 0.4) is 0 Å². The molecule has 90 valence electrons. The molecule has 0 aromatic heterocycles. The Labute approximate surface area is 95.6 Å². The Morgan fingerprint density at radius 3 is 2.27 bits per heavy atom. The van der Waals surface area contributed by atoms with E-state index in [0.717, 1.165) is 18.6 Å². The molecule has 0 amide bonds. The highest BCUT2D eigenvalue weighted by atomic mass is 16.2. The average molecular weight is 212 g/mol. The maximum absolute atomic E-state index is 8.46. The minimum atomic E-state index is 0.889. The predicted octanol–water partition coefficient (Wildman–Crippen LogP) is 5.23. The Hall–Kier alpha value is -0.460. The molecule has 0 heterocycles. The molecule has 0 bridgehead atoms. The van der Waals surface area contributed by atoms with E-state index in [9.17, 15) is 0 Å². The maximum Gasteiger partial charge on any atom is 0.0751 e. The van der Waals surface area contributed by atoms with Gasteiger partial charge in [-0.25, -0.2) is 0 Å². The van der Waals surface area contributed by atoms with Crippen LogP contribution < -0.4 is 0 Å². The van der Waals surface area contributed by atoms with Crippen molar-refractivity contribution in [2.45, 2.75) is 71.6 Å². The number of hydrogen-bond donors (Lipinski definition) is 1. The number of aliphatic hydroxyl groups is 1. The normalized spacial score (nSPS) is 13.5.